The Morgan fingerprint density at radius 3 is 2.70 bits per heavy atom. The largest absolute Gasteiger partial charge is 0.495 e. The average Bonchev–Trinajstić information content (AvgIpc) is 2.53. The van der Waals surface area contributed by atoms with Crippen LogP contribution in [-0.2, 0) is 0 Å². The van der Waals surface area contributed by atoms with E-state index in [2.05, 4.69) is 11.9 Å². The highest BCUT2D eigenvalue weighted by atomic mass is 35.5. The maximum absolute atomic E-state index is 12.3. The van der Waals surface area contributed by atoms with Crippen LogP contribution in [-0.4, -0.2) is 19.6 Å². The maximum atomic E-state index is 12.3. The number of nitrogens with one attached hydrogen (secondary N) is 1. The van der Waals surface area contributed by atoms with Gasteiger partial charge in [0.1, 0.15) is 18.1 Å². The van der Waals surface area contributed by atoms with Gasteiger partial charge in [-0.25, -0.2) is 0 Å². The summed E-state index contributed by atoms with van der Waals surface area (Å²) in [6, 6.07) is 12.0. The van der Waals surface area contributed by atoms with Crippen LogP contribution >= 0.6 is 11.6 Å². The molecule has 2 rings (SSSR count). The Morgan fingerprint density at radius 2 is 2.04 bits per heavy atom. The van der Waals surface area contributed by atoms with Crippen molar-refractivity contribution in [3.8, 4) is 11.5 Å². The van der Waals surface area contributed by atoms with Gasteiger partial charge in [-0.15, -0.1) is 0 Å². The zero-order chi connectivity index (χ0) is 16.8. The standard InChI is InChI=1S/C18H18ClNO3/c1-12(2)11-23-15-6-4-5-13(9-15)18(21)20-14-7-8-17(22-3)16(19)10-14/h4-10H,1,11H2,2-3H3,(H,20,21). The van der Waals surface area contributed by atoms with Crippen LogP contribution in [0.1, 0.15) is 17.3 Å². The van der Waals surface area contributed by atoms with Gasteiger partial charge in [0.15, 0.2) is 0 Å². The van der Waals surface area contributed by atoms with Crippen LogP contribution in [0, 0.1) is 0 Å². The second-order valence-electron chi connectivity index (χ2n) is 5.08. The van der Waals surface area contributed by atoms with Gasteiger partial charge in [0.25, 0.3) is 5.91 Å². The molecule has 120 valence electrons. The molecule has 0 aliphatic heterocycles. The van der Waals surface area contributed by atoms with Gasteiger partial charge in [0.2, 0.25) is 0 Å². The quantitative estimate of drug-likeness (QED) is 0.789. The molecule has 2 aromatic rings. The van der Waals surface area contributed by atoms with Gasteiger partial charge in [-0.2, -0.15) is 0 Å². The number of hydrogen-bond donors (Lipinski definition) is 1. The van der Waals surface area contributed by atoms with Crippen LogP contribution in [0.2, 0.25) is 5.02 Å². The van der Waals surface area contributed by atoms with E-state index in [1.54, 1.807) is 42.5 Å². The fraction of sp³-hybridized carbons (Fsp3) is 0.167. The van der Waals surface area contributed by atoms with Crippen LogP contribution in [0.3, 0.4) is 0 Å². The summed E-state index contributed by atoms with van der Waals surface area (Å²) in [7, 11) is 1.54. The van der Waals surface area contributed by atoms with Gasteiger partial charge < -0.3 is 14.8 Å². The molecule has 0 fully saturated rings. The summed E-state index contributed by atoms with van der Waals surface area (Å²) in [5.74, 6) is 0.931. The van der Waals surface area contributed by atoms with Crippen LogP contribution in [0.5, 0.6) is 11.5 Å². The first-order chi connectivity index (χ1) is 11.0. The molecule has 4 nitrogen and oxygen atoms in total. The van der Waals surface area contributed by atoms with E-state index in [1.165, 1.54) is 7.11 Å². The molecule has 0 saturated carbocycles. The summed E-state index contributed by atoms with van der Waals surface area (Å²) < 4.78 is 10.6. The summed E-state index contributed by atoms with van der Waals surface area (Å²) in [4.78, 5) is 12.3. The Morgan fingerprint density at radius 1 is 1.26 bits per heavy atom. The van der Waals surface area contributed by atoms with Gasteiger partial charge in [-0.05, 0) is 48.9 Å². The van der Waals surface area contributed by atoms with Crippen LogP contribution < -0.4 is 14.8 Å². The molecular formula is C18H18ClNO3. The Kier molecular flexibility index (Phi) is 5.66. The third-order valence-electron chi connectivity index (χ3n) is 2.99. The number of methoxy groups -OCH3 is 1. The molecule has 0 aromatic heterocycles. The number of hydrogen-bond acceptors (Lipinski definition) is 3. The van der Waals surface area contributed by atoms with Crippen LogP contribution in [0.4, 0.5) is 5.69 Å². The lowest BCUT2D eigenvalue weighted by atomic mass is 10.2. The molecule has 0 saturated heterocycles. The molecule has 0 spiro atoms. The zero-order valence-electron chi connectivity index (χ0n) is 13.1. The Labute approximate surface area is 140 Å². The van der Waals surface area contributed by atoms with Crippen molar-refractivity contribution in [1.29, 1.82) is 0 Å². The zero-order valence-corrected chi connectivity index (χ0v) is 13.8. The Balaban J connectivity index is 2.09. The predicted molar refractivity (Wildman–Crippen MR) is 92.7 cm³/mol. The lowest BCUT2D eigenvalue weighted by Crippen LogP contribution is -2.12. The predicted octanol–water partition coefficient (Wildman–Crippen LogP) is 4.56. The smallest absolute Gasteiger partial charge is 0.255 e. The molecule has 0 aliphatic carbocycles. The van der Waals surface area contributed by atoms with E-state index < -0.39 is 0 Å². The van der Waals surface area contributed by atoms with E-state index in [1.807, 2.05) is 6.92 Å². The molecule has 1 amide bonds. The Hall–Kier alpha value is -2.46. The molecule has 0 radical (unpaired) electrons. The first kappa shape index (κ1) is 16.9. The Bertz CT molecular complexity index is 728. The van der Waals surface area contributed by atoms with Crippen LogP contribution in [0.25, 0.3) is 0 Å². The number of halogens is 1. The summed E-state index contributed by atoms with van der Waals surface area (Å²) in [5, 5.41) is 3.22. The number of anilines is 1. The molecule has 2 aromatic carbocycles. The van der Waals surface area contributed by atoms with E-state index in [0.717, 1.165) is 5.57 Å². The molecule has 23 heavy (non-hydrogen) atoms. The second kappa shape index (κ2) is 7.70. The van der Waals surface area contributed by atoms with E-state index in [-0.39, 0.29) is 5.91 Å². The highest BCUT2D eigenvalue weighted by molar-refractivity contribution is 6.32. The SMILES string of the molecule is C=C(C)COc1cccc(C(=O)Nc2ccc(OC)c(Cl)c2)c1. The lowest BCUT2D eigenvalue weighted by molar-refractivity contribution is 0.102. The summed E-state index contributed by atoms with van der Waals surface area (Å²) >= 11 is 6.05. The molecule has 0 heterocycles. The van der Waals surface area contributed by atoms with E-state index in [0.29, 0.717) is 34.4 Å². The first-order valence-electron chi connectivity index (χ1n) is 7.01. The van der Waals surface area contributed by atoms with Gasteiger partial charge in [0, 0.05) is 11.3 Å². The van der Waals surface area contributed by atoms with E-state index in [4.69, 9.17) is 21.1 Å². The molecule has 0 unspecified atom stereocenters. The molecule has 0 bridgehead atoms. The first-order valence-corrected chi connectivity index (χ1v) is 7.39. The fourth-order valence-corrected chi connectivity index (χ4v) is 2.14. The van der Waals surface area contributed by atoms with Crippen molar-refractivity contribution in [1.82, 2.24) is 0 Å². The number of amides is 1. The average molecular weight is 332 g/mol. The molecule has 0 atom stereocenters. The van der Waals surface area contributed by atoms with Gasteiger partial charge in [-0.3, -0.25) is 4.79 Å². The summed E-state index contributed by atoms with van der Waals surface area (Å²) in [6.07, 6.45) is 0. The molecule has 1 N–H and O–H groups in total. The highest BCUT2D eigenvalue weighted by Gasteiger charge is 2.09. The van der Waals surface area contributed by atoms with Gasteiger partial charge >= 0.3 is 0 Å². The van der Waals surface area contributed by atoms with Crippen molar-refractivity contribution in [3.63, 3.8) is 0 Å². The van der Waals surface area contributed by atoms with Gasteiger partial charge in [0.05, 0.1) is 12.1 Å². The third-order valence-corrected chi connectivity index (χ3v) is 3.29. The molecule has 0 aliphatic rings. The topological polar surface area (TPSA) is 47.6 Å². The minimum atomic E-state index is -0.244. The van der Waals surface area contributed by atoms with Crippen molar-refractivity contribution in [2.45, 2.75) is 6.92 Å². The summed E-state index contributed by atoms with van der Waals surface area (Å²) in [6.45, 7) is 6.07. The van der Waals surface area contributed by atoms with Crippen LogP contribution in [0.15, 0.2) is 54.6 Å². The van der Waals surface area contributed by atoms with Crippen molar-refractivity contribution in [2.24, 2.45) is 0 Å². The highest BCUT2D eigenvalue weighted by Crippen LogP contribution is 2.27. The fourth-order valence-electron chi connectivity index (χ4n) is 1.88. The minimum absolute atomic E-state index is 0.244. The minimum Gasteiger partial charge on any atom is -0.495 e. The maximum Gasteiger partial charge on any atom is 0.255 e. The van der Waals surface area contributed by atoms with E-state index in [9.17, 15) is 4.79 Å². The third kappa shape index (κ3) is 4.76. The number of carbonyl (C=O) groups excluding carboxylic acids is 1. The normalized spacial score (nSPS) is 10.0. The molecule has 5 heteroatoms. The van der Waals surface area contributed by atoms with Gasteiger partial charge in [-0.1, -0.05) is 24.2 Å². The van der Waals surface area contributed by atoms with Crippen molar-refractivity contribution < 1.29 is 14.3 Å². The number of rotatable bonds is 6. The monoisotopic (exact) mass is 331 g/mol. The van der Waals surface area contributed by atoms with E-state index >= 15 is 0 Å². The molecular weight excluding hydrogens is 314 g/mol. The number of benzene rings is 2. The van der Waals surface area contributed by atoms with Crippen molar-refractivity contribution >= 4 is 23.2 Å². The second-order valence-corrected chi connectivity index (χ2v) is 5.48. The number of ether oxygens (including phenoxy) is 2. The summed E-state index contributed by atoms with van der Waals surface area (Å²) in [5.41, 5.74) is 2.00. The number of carbonyl (C=O) groups is 1. The van der Waals surface area contributed by atoms with Crippen molar-refractivity contribution in [2.75, 3.05) is 19.0 Å². The lowest BCUT2D eigenvalue weighted by Gasteiger charge is -2.10. The van der Waals surface area contributed by atoms with Crippen molar-refractivity contribution in [3.05, 3.63) is 65.2 Å².